The van der Waals surface area contributed by atoms with Crippen molar-refractivity contribution in [3.63, 3.8) is 0 Å². The summed E-state index contributed by atoms with van der Waals surface area (Å²) in [7, 11) is -3.39. The topological polar surface area (TPSA) is 53.5 Å². The highest BCUT2D eigenvalue weighted by Crippen LogP contribution is 2.20. The van der Waals surface area contributed by atoms with Crippen molar-refractivity contribution < 1.29 is 8.42 Å². The van der Waals surface area contributed by atoms with Gasteiger partial charge in [0.05, 0.1) is 4.90 Å². The predicted molar refractivity (Wildman–Crippen MR) is 97.3 cm³/mol. The van der Waals surface area contributed by atoms with Gasteiger partial charge in [-0.15, -0.1) is 0 Å². The second-order valence-electron chi connectivity index (χ2n) is 5.81. The Labute approximate surface area is 151 Å². The van der Waals surface area contributed by atoms with Crippen LogP contribution < -0.4 is 0 Å². The molecule has 3 rings (SSSR count). The number of pyridine rings is 1. The quantitative estimate of drug-likeness (QED) is 0.760. The third-order valence-electron chi connectivity index (χ3n) is 4.25. The van der Waals surface area contributed by atoms with E-state index in [9.17, 15) is 8.42 Å². The lowest BCUT2D eigenvalue weighted by Crippen LogP contribution is -2.48. The SMILES string of the molecule is O=S(=O)(c1ccc(Br)cc1)N1CCN(CCc2ccncc2)CC1. The molecule has 1 aromatic carbocycles. The number of sulfonamides is 1. The molecule has 7 heteroatoms. The van der Waals surface area contributed by atoms with E-state index in [4.69, 9.17) is 0 Å². The average Bonchev–Trinajstić information content (AvgIpc) is 2.61. The van der Waals surface area contributed by atoms with Gasteiger partial charge in [-0.1, -0.05) is 15.9 Å². The molecule has 128 valence electrons. The summed E-state index contributed by atoms with van der Waals surface area (Å²) in [5.41, 5.74) is 1.26. The zero-order valence-electron chi connectivity index (χ0n) is 13.3. The predicted octanol–water partition coefficient (Wildman–Crippen LogP) is 2.39. The number of piperazine rings is 1. The van der Waals surface area contributed by atoms with Crippen molar-refractivity contribution in [3.8, 4) is 0 Å². The first kappa shape index (κ1) is 17.5. The van der Waals surface area contributed by atoms with Crippen molar-refractivity contribution >= 4 is 26.0 Å². The van der Waals surface area contributed by atoms with E-state index in [0.29, 0.717) is 18.0 Å². The van der Waals surface area contributed by atoms with Gasteiger partial charge in [0.25, 0.3) is 0 Å². The molecule has 0 atom stereocenters. The van der Waals surface area contributed by atoms with Gasteiger partial charge in [-0.3, -0.25) is 4.98 Å². The van der Waals surface area contributed by atoms with Crippen LogP contribution >= 0.6 is 15.9 Å². The molecule has 0 spiro atoms. The number of halogens is 1. The van der Waals surface area contributed by atoms with E-state index in [1.807, 2.05) is 12.1 Å². The minimum absolute atomic E-state index is 0.357. The van der Waals surface area contributed by atoms with Crippen molar-refractivity contribution in [3.05, 3.63) is 58.8 Å². The maximum atomic E-state index is 12.7. The van der Waals surface area contributed by atoms with Crippen LogP contribution in [0, 0.1) is 0 Å². The van der Waals surface area contributed by atoms with E-state index in [2.05, 4.69) is 25.8 Å². The highest BCUT2D eigenvalue weighted by atomic mass is 79.9. The molecule has 0 radical (unpaired) electrons. The molecule has 0 bridgehead atoms. The fraction of sp³-hybridized carbons (Fsp3) is 0.353. The van der Waals surface area contributed by atoms with Crippen LogP contribution in [0.2, 0.25) is 0 Å². The Morgan fingerprint density at radius 2 is 1.58 bits per heavy atom. The summed E-state index contributed by atoms with van der Waals surface area (Å²) in [6.07, 6.45) is 4.57. The monoisotopic (exact) mass is 409 g/mol. The molecular formula is C17H20BrN3O2S. The lowest BCUT2D eigenvalue weighted by molar-refractivity contribution is 0.190. The molecule has 0 aliphatic carbocycles. The summed E-state index contributed by atoms with van der Waals surface area (Å²) in [5.74, 6) is 0. The fourth-order valence-corrected chi connectivity index (χ4v) is 4.47. The first-order valence-corrected chi connectivity index (χ1v) is 10.2. The van der Waals surface area contributed by atoms with Crippen molar-refractivity contribution in [1.82, 2.24) is 14.2 Å². The van der Waals surface area contributed by atoms with Gasteiger partial charge in [0.15, 0.2) is 0 Å². The number of rotatable bonds is 5. The molecule has 1 aromatic heterocycles. The van der Waals surface area contributed by atoms with Crippen molar-refractivity contribution in [2.45, 2.75) is 11.3 Å². The molecule has 2 heterocycles. The molecule has 0 unspecified atom stereocenters. The second-order valence-corrected chi connectivity index (χ2v) is 8.66. The van der Waals surface area contributed by atoms with Gasteiger partial charge in [0, 0.05) is 49.6 Å². The standard InChI is InChI=1S/C17H20BrN3O2S/c18-16-1-3-17(4-2-16)24(22,23)21-13-11-20(12-14-21)10-7-15-5-8-19-9-6-15/h1-6,8-9H,7,10-14H2. The lowest BCUT2D eigenvalue weighted by Gasteiger charge is -2.34. The number of hydrogen-bond donors (Lipinski definition) is 0. The van der Waals surface area contributed by atoms with Gasteiger partial charge < -0.3 is 4.90 Å². The molecule has 0 N–H and O–H groups in total. The Bertz CT molecular complexity index is 758. The first-order chi connectivity index (χ1) is 11.6. The number of nitrogens with zero attached hydrogens (tertiary/aromatic N) is 3. The zero-order chi connectivity index (χ0) is 17.0. The first-order valence-electron chi connectivity index (χ1n) is 7.93. The van der Waals surface area contributed by atoms with Crippen LogP contribution in [0.4, 0.5) is 0 Å². The van der Waals surface area contributed by atoms with Gasteiger partial charge in [-0.25, -0.2) is 8.42 Å². The highest BCUT2D eigenvalue weighted by molar-refractivity contribution is 9.10. The summed E-state index contributed by atoms with van der Waals surface area (Å²) in [4.78, 5) is 6.69. The van der Waals surface area contributed by atoms with Gasteiger partial charge in [-0.2, -0.15) is 4.31 Å². The molecule has 0 saturated carbocycles. The molecule has 24 heavy (non-hydrogen) atoms. The van der Waals surface area contributed by atoms with E-state index < -0.39 is 10.0 Å². The second kappa shape index (κ2) is 7.74. The summed E-state index contributed by atoms with van der Waals surface area (Å²) in [6.45, 7) is 3.54. The van der Waals surface area contributed by atoms with Crippen LogP contribution in [0.25, 0.3) is 0 Å². The van der Waals surface area contributed by atoms with Gasteiger partial charge >= 0.3 is 0 Å². The largest absolute Gasteiger partial charge is 0.300 e. The van der Waals surface area contributed by atoms with Crippen molar-refractivity contribution in [1.29, 1.82) is 0 Å². The minimum Gasteiger partial charge on any atom is -0.300 e. The van der Waals surface area contributed by atoms with Crippen molar-refractivity contribution in [2.24, 2.45) is 0 Å². The Morgan fingerprint density at radius 3 is 2.21 bits per heavy atom. The molecule has 1 aliphatic rings. The maximum Gasteiger partial charge on any atom is 0.243 e. The molecule has 0 amide bonds. The fourth-order valence-electron chi connectivity index (χ4n) is 2.79. The van der Waals surface area contributed by atoms with Crippen LogP contribution in [0.15, 0.2) is 58.2 Å². The van der Waals surface area contributed by atoms with Crippen LogP contribution in [-0.2, 0) is 16.4 Å². The highest BCUT2D eigenvalue weighted by Gasteiger charge is 2.28. The van der Waals surface area contributed by atoms with Crippen LogP contribution in [0.1, 0.15) is 5.56 Å². The molecule has 5 nitrogen and oxygen atoms in total. The Morgan fingerprint density at radius 1 is 0.958 bits per heavy atom. The van der Waals surface area contributed by atoms with Crippen LogP contribution in [0.5, 0.6) is 0 Å². The normalized spacial score (nSPS) is 17.0. The average molecular weight is 410 g/mol. The summed E-state index contributed by atoms with van der Waals surface area (Å²) < 4.78 is 27.8. The van der Waals surface area contributed by atoms with E-state index >= 15 is 0 Å². The third-order valence-corrected chi connectivity index (χ3v) is 6.69. The maximum absolute atomic E-state index is 12.7. The van der Waals surface area contributed by atoms with E-state index in [1.54, 1.807) is 41.0 Å². The summed E-state index contributed by atoms with van der Waals surface area (Å²) in [5, 5.41) is 0. The number of benzene rings is 1. The molecule has 1 saturated heterocycles. The summed E-state index contributed by atoms with van der Waals surface area (Å²) in [6, 6.07) is 10.9. The Hall–Kier alpha value is -1.28. The molecular weight excluding hydrogens is 390 g/mol. The summed E-state index contributed by atoms with van der Waals surface area (Å²) >= 11 is 3.33. The Balaban J connectivity index is 1.55. The van der Waals surface area contributed by atoms with Crippen LogP contribution in [-0.4, -0.2) is 55.3 Å². The molecule has 1 aliphatic heterocycles. The number of aromatic nitrogens is 1. The Kier molecular flexibility index (Phi) is 5.65. The zero-order valence-corrected chi connectivity index (χ0v) is 15.7. The van der Waals surface area contributed by atoms with E-state index in [0.717, 1.165) is 30.5 Å². The van der Waals surface area contributed by atoms with Crippen LogP contribution in [0.3, 0.4) is 0 Å². The number of hydrogen-bond acceptors (Lipinski definition) is 4. The van der Waals surface area contributed by atoms with Gasteiger partial charge in [0.2, 0.25) is 10.0 Å². The third kappa shape index (κ3) is 4.22. The molecule has 2 aromatic rings. The van der Waals surface area contributed by atoms with E-state index in [-0.39, 0.29) is 0 Å². The van der Waals surface area contributed by atoms with Crippen molar-refractivity contribution in [2.75, 3.05) is 32.7 Å². The van der Waals surface area contributed by atoms with Gasteiger partial charge in [0.1, 0.15) is 0 Å². The minimum atomic E-state index is -3.39. The lowest BCUT2D eigenvalue weighted by atomic mass is 10.2. The smallest absolute Gasteiger partial charge is 0.243 e. The molecule has 1 fully saturated rings. The van der Waals surface area contributed by atoms with Gasteiger partial charge in [-0.05, 0) is 48.4 Å². The van der Waals surface area contributed by atoms with E-state index in [1.165, 1.54) is 5.56 Å².